The van der Waals surface area contributed by atoms with E-state index in [2.05, 4.69) is 57.3 Å². The number of nitrogens with zero attached hydrogens (tertiary/aromatic N) is 1. The molecule has 0 spiro atoms. The highest BCUT2D eigenvalue weighted by atomic mass is 16.4. The molecule has 0 bridgehead atoms. The van der Waals surface area contributed by atoms with Crippen molar-refractivity contribution < 1.29 is 14.7 Å². The molecule has 2 rings (SSSR count). The van der Waals surface area contributed by atoms with E-state index in [4.69, 9.17) is 0 Å². The minimum absolute atomic E-state index is 0.0698. The van der Waals surface area contributed by atoms with E-state index in [1.54, 1.807) is 4.90 Å². The molecule has 138 valence electrons. The summed E-state index contributed by atoms with van der Waals surface area (Å²) in [6, 6.07) is 7.78. The van der Waals surface area contributed by atoms with Crippen LogP contribution in [0.2, 0.25) is 0 Å². The number of hydrogen-bond donors (Lipinski definition) is 2. The second-order valence-corrected chi connectivity index (χ2v) is 7.58. The smallest absolute Gasteiger partial charge is 0.320 e. The van der Waals surface area contributed by atoms with E-state index in [1.165, 1.54) is 5.56 Å². The van der Waals surface area contributed by atoms with Crippen molar-refractivity contribution in [1.82, 2.24) is 10.2 Å². The first-order valence-electron chi connectivity index (χ1n) is 9.15. The van der Waals surface area contributed by atoms with Crippen LogP contribution in [0, 0.1) is 5.92 Å². The van der Waals surface area contributed by atoms with Gasteiger partial charge in [0.2, 0.25) is 5.91 Å². The minimum atomic E-state index is -0.838. The Balaban J connectivity index is 2.03. The van der Waals surface area contributed by atoms with Gasteiger partial charge in [-0.2, -0.15) is 0 Å². The van der Waals surface area contributed by atoms with E-state index in [9.17, 15) is 14.7 Å². The van der Waals surface area contributed by atoms with Gasteiger partial charge in [0.05, 0.1) is 12.6 Å². The van der Waals surface area contributed by atoms with Gasteiger partial charge in [-0.05, 0) is 42.3 Å². The topological polar surface area (TPSA) is 69.6 Å². The summed E-state index contributed by atoms with van der Waals surface area (Å²) in [5.41, 5.74) is 2.36. The number of aliphatic carboxylic acids is 1. The number of hydrogen-bond acceptors (Lipinski definition) is 3. The third kappa shape index (κ3) is 5.05. The zero-order chi connectivity index (χ0) is 18.6. The number of rotatable bonds is 7. The van der Waals surface area contributed by atoms with E-state index >= 15 is 0 Å². The summed E-state index contributed by atoms with van der Waals surface area (Å²) < 4.78 is 0. The van der Waals surface area contributed by atoms with Crippen molar-refractivity contribution in [2.75, 3.05) is 13.1 Å². The summed E-state index contributed by atoms with van der Waals surface area (Å²) in [5.74, 6) is -0.221. The van der Waals surface area contributed by atoms with Crippen LogP contribution in [0.25, 0.3) is 0 Å². The molecule has 5 heteroatoms. The van der Waals surface area contributed by atoms with Crippen LogP contribution in [0.3, 0.4) is 0 Å². The first kappa shape index (κ1) is 19.4. The second-order valence-electron chi connectivity index (χ2n) is 7.58. The maximum Gasteiger partial charge on any atom is 0.320 e. The molecule has 0 radical (unpaired) electrons. The lowest BCUT2D eigenvalue weighted by Gasteiger charge is -2.26. The maximum atomic E-state index is 12.5. The normalized spacial score (nSPS) is 19.4. The summed E-state index contributed by atoms with van der Waals surface area (Å²) in [5, 5.41) is 12.3. The molecule has 1 heterocycles. The van der Waals surface area contributed by atoms with Crippen LogP contribution in [0.1, 0.15) is 63.6 Å². The first-order chi connectivity index (χ1) is 11.8. The molecule has 0 saturated carbocycles. The van der Waals surface area contributed by atoms with Gasteiger partial charge in [-0.15, -0.1) is 0 Å². The Bertz CT molecular complexity index is 595. The summed E-state index contributed by atoms with van der Waals surface area (Å²) in [6.45, 7) is 9.29. The Labute approximate surface area is 150 Å². The van der Waals surface area contributed by atoms with Gasteiger partial charge in [-0.1, -0.05) is 52.0 Å². The van der Waals surface area contributed by atoms with Crippen molar-refractivity contribution in [3.05, 3.63) is 35.4 Å². The number of carboxylic acids is 1. The molecule has 1 saturated heterocycles. The fraction of sp³-hybridized carbons (Fsp3) is 0.600. The Morgan fingerprint density at radius 3 is 2.28 bits per heavy atom. The quantitative estimate of drug-likeness (QED) is 0.796. The van der Waals surface area contributed by atoms with Gasteiger partial charge in [-0.3, -0.25) is 14.5 Å². The van der Waals surface area contributed by atoms with Crippen LogP contribution in [0.4, 0.5) is 0 Å². The molecule has 2 atom stereocenters. The summed E-state index contributed by atoms with van der Waals surface area (Å²) in [7, 11) is 0. The Hall–Kier alpha value is -1.88. The van der Waals surface area contributed by atoms with Crippen LogP contribution in [0.15, 0.2) is 24.3 Å². The molecule has 1 aliphatic rings. The highest BCUT2D eigenvalue weighted by Gasteiger charge is 2.32. The second kappa shape index (κ2) is 8.48. The predicted octanol–water partition coefficient (Wildman–Crippen LogP) is 3.17. The van der Waals surface area contributed by atoms with Gasteiger partial charge < -0.3 is 10.4 Å². The zero-order valence-electron chi connectivity index (χ0n) is 15.7. The Morgan fingerprint density at radius 2 is 1.76 bits per heavy atom. The highest BCUT2D eigenvalue weighted by molar-refractivity contribution is 5.80. The molecule has 1 aromatic carbocycles. The van der Waals surface area contributed by atoms with Gasteiger partial charge in [0.25, 0.3) is 0 Å². The van der Waals surface area contributed by atoms with Crippen molar-refractivity contribution in [2.24, 2.45) is 5.92 Å². The highest BCUT2D eigenvalue weighted by Crippen LogP contribution is 2.24. The lowest BCUT2D eigenvalue weighted by molar-refractivity contribution is -0.142. The molecule has 5 nitrogen and oxygen atoms in total. The van der Waals surface area contributed by atoms with Gasteiger partial charge in [0, 0.05) is 0 Å². The molecule has 25 heavy (non-hydrogen) atoms. The summed E-state index contributed by atoms with van der Waals surface area (Å²) >= 11 is 0. The molecular formula is C20H30N2O3. The number of carboxylic acid groups (broad SMARTS) is 1. The molecule has 2 N–H and O–H groups in total. The van der Waals surface area contributed by atoms with Gasteiger partial charge in [0.1, 0.15) is 6.04 Å². The standard InChI is InChI=1S/C20H30N2O3/c1-13(2)15-7-9-16(10-8-15)19(14(3)4)21-18(23)12-22-11-5-6-17(22)20(24)25/h7-10,13-14,17,19H,5-6,11-12H2,1-4H3,(H,21,23)(H,24,25)/t17-,19?/m1/s1. The van der Waals surface area contributed by atoms with Crippen LogP contribution in [0.5, 0.6) is 0 Å². The Kier molecular flexibility index (Phi) is 6.59. The fourth-order valence-electron chi connectivity index (χ4n) is 3.42. The van der Waals surface area contributed by atoms with Gasteiger partial charge >= 0.3 is 5.97 Å². The van der Waals surface area contributed by atoms with Gasteiger partial charge in [-0.25, -0.2) is 0 Å². The van der Waals surface area contributed by atoms with E-state index in [0.29, 0.717) is 18.9 Å². The first-order valence-corrected chi connectivity index (χ1v) is 9.15. The lowest BCUT2D eigenvalue weighted by Crippen LogP contribution is -2.44. The van der Waals surface area contributed by atoms with Crippen LogP contribution < -0.4 is 5.32 Å². The summed E-state index contributed by atoms with van der Waals surface area (Å²) in [6.07, 6.45) is 1.45. The maximum absolute atomic E-state index is 12.5. The molecule has 1 fully saturated rings. The molecule has 1 unspecified atom stereocenters. The van der Waals surface area contributed by atoms with Crippen molar-refractivity contribution in [3.63, 3.8) is 0 Å². The van der Waals surface area contributed by atoms with E-state index < -0.39 is 12.0 Å². The molecule has 1 amide bonds. The van der Waals surface area contributed by atoms with Crippen LogP contribution in [-0.2, 0) is 9.59 Å². The lowest BCUT2D eigenvalue weighted by atomic mass is 9.93. The SMILES string of the molecule is CC(C)c1ccc(C(NC(=O)CN2CCC[C@@H]2C(=O)O)C(C)C)cc1. The molecule has 0 aromatic heterocycles. The average molecular weight is 346 g/mol. The van der Waals surface area contributed by atoms with Crippen molar-refractivity contribution >= 4 is 11.9 Å². The van der Waals surface area contributed by atoms with Gasteiger partial charge in [0.15, 0.2) is 0 Å². The molecular weight excluding hydrogens is 316 g/mol. The third-order valence-electron chi connectivity index (χ3n) is 4.94. The average Bonchev–Trinajstić information content (AvgIpc) is 3.00. The number of carbonyl (C=O) groups is 2. The number of carbonyl (C=O) groups excluding carboxylic acids is 1. The van der Waals surface area contributed by atoms with E-state index in [0.717, 1.165) is 12.0 Å². The van der Waals surface area contributed by atoms with E-state index in [1.807, 2.05) is 0 Å². The van der Waals surface area contributed by atoms with Crippen molar-refractivity contribution in [1.29, 1.82) is 0 Å². The Morgan fingerprint density at radius 1 is 1.16 bits per heavy atom. The zero-order valence-corrected chi connectivity index (χ0v) is 15.7. The fourth-order valence-corrected chi connectivity index (χ4v) is 3.42. The van der Waals surface area contributed by atoms with Crippen molar-refractivity contribution in [3.8, 4) is 0 Å². The predicted molar refractivity (Wildman–Crippen MR) is 98.5 cm³/mol. The molecule has 0 aliphatic carbocycles. The number of amides is 1. The summed E-state index contributed by atoms with van der Waals surface area (Å²) in [4.78, 5) is 25.5. The number of likely N-dealkylation sites (tertiary alicyclic amines) is 1. The van der Waals surface area contributed by atoms with Crippen LogP contribution in [-0.4, -0.2) is 41.0 Å². The molecule has 1 aliphatic heterocycles. The van der Waals surface area contributed by atoms with E-state index in [-0.39, 0.29) is 24.4 Å². The van der Waals surface area contributed by atoms with Crippen LogP contribution >= 0.6 is 0 Å². The minimum Gasteiger partial charge on any atom is -0.480 e. The number of nitrogens with one attached hydrogen (secondary N) is 1. The molecule has 1 aromatic rings. The monoisotopic (exact) mass is 346 g/mol. The largest absolute Gasteiger partial charge is 0.480 e. The van der Waals surface area contributed by atoms with Crippen molar-refractivity contribution in [2.45, 2.75) is 58.5 Å². The third-order valence-corrected chi connectivity index (χ3v) is 4.94. The number of benzene rings is 1.